The summed E-state index contributed by atoms with van der Waals surface area (Å²) in [5, 5.41) is 11.6. The van der Waals surface area contributed by atoms with E-state index in [2.05, 4.69) is 5.32 Å². The summed E-state index contributed by atoms with van der Waals surface area (Å²) in [5.41, 5.74) is 0.950. The van der Waals surface area contributed by atoms with Crippen LogP contribution in [0.25, 0.3) is 0 Å². The number of aromatic carboxylic acids is 1. The van der Waals surface area contributed by atoms with Crippen LogP contribution in [0.5, 0.6) is 11.5 Å². The molecule has 7 heteroatoms. The Bertz CT molecular complexity index is 710. The van der Waals surface area contributed by atoms with Crippen LogP contribution in [0.3, 0.4) is 0 Å². The second kappa shape index (κ2) is 7.64. The number of carboxylic acids is 1. The van der Waals surface area contributed by atoms with Crippen LogP contribution in [-0.4, -0.2) is 37.7 Å². The van der Waals surface area contributed by atoms with Crippen molar-refractivity contribution in [1.29, 1.82) is 0 Å². The van der Waals surface area contributed by atoms with E-state index in [4.69, 9.17) is 14.6 Å². The maximum atomic E-state index is 12.0. The largest absolute Gasteiger partial charge is 0.497 e. The Labute approximate surface area is 137 Å². The van der Waals surface area contributed by atoms with Crippen LogP contribution < -0.4 is 14.8 Å². The molecule has 2 N–H and O–H groups in total. The summed E-state index contributed by atoms with van der Waals surface area (Å²) < 4.78 is 10.4. The van der Waals surface area contributed by atoms with Crippen molar-refractivity contribution in [2.75, 3.05) is 20.8 Å². The first-order valence-electron chi connectivity index (χ1n) is 6.87. The average Bonchev–Trinajstić information content (AvgIpc) is 3.05. The Kier molecular flexibility index (Phi) is 5.59. The van der Waals surface area contributed by atoms with E-state index in [0.29, 0.717) is 29.3 Å². The van der Waals surface area contributed by atoms with Crippen molar-refractivity contribution >= 4 is 23.2 Å². The zero-order valence-corrected chi connectivity index (χ0v) is 13.6. The van der Waals surface area contributed by atoms with Crippen LogP contribution in [0, 0.1) is 0 Å². The second-order valence-corrected chi connectivity index (χ2v) is 5.74. The molecule has 0 saturated heterocycles. The molecule has 1 amide bonds. The highest BCUT2D eigenvalue weighted by Gasteiger charge is 2.13. The van der Waals surface area contributed by atoms with Gasteiger partial charge in [0.25, 0.3) is 5.91 Å². The molecule has 1 aromatic heterocycles. The molecule has 0 aliphatic carbocycles. The SMILES string of the molecule is COc1ccc(CCNC(=O)c2ccc(C(=O)O)s2)c(OC)c1. The Morgan fingerprint density at radius 1 is 1.13 bits per heavy atom. The number of amides is 1. The van der Waals surface area contributed by atoms with E-state index >= 15 is 0 Å². The number of carbonyl (C=O) groups is 2. The van der Waals surface area contributed by atoms with Gasteiger partial charge in [-0.25, -0.2) is 4.79 Å². The van der Waals surface area contributed by atoms with Gasteiger partial charge in [0.15, 0.2) is 0 Å². The molecule has 1 aromatic carbocycles. The predicted molar refractivity (Wildman–Crippen MR) is 86.9 cm³/mol. The molecular formula is C16H17NO5S. The number of carboxylic acid groups (broad SMARTS) is 1. The number of hydrogen-bond donors (Lipinski definition) is 2. The number of thiophene rings is 1. The van der Waals surface area contributed by atoms with E-state index in [0.717, 1.165) is 16.9 Å². The Morgan fingerprint density at radius 3 is 2.48 bits per heavy atom. The molecule has 1 heterocycles. The quantitative estimate of drug-likeness (QED) is 0.812. The van der Waals surface area contributed by atoms with Crippen molar-refractivity contribution in [3.05, 3.63) is 45.6 Å². The Morgan fingerprint density at radius 2 is 1.87 bits per heavy atom. The van der Waals surface area contributed by atoms with Gasteiger partial charge in [-0.2, -0.15) is 0 Å². The minimum Gasteiger partial charge on any atom is -0.497 e. The zero-order chi connectivity index (χ0) is 16.8. The minimum absolute atomic E-state index is 0.145. The highest BCUT2D eigenvalue weighted by molar-refractivity contribution is 7.15. The fourth-order valence-corrected chi connectivity index (χ4v) is 2.79. The zero-order valence-electron chi connectivity index (χ0n) is 12.8. The van der Waals surface area contributed by atoms with Gasteiger partial charge in [-0.15, -0.1) is 11.3 Å². The number of hydrogen-bond acceptors (Lipinski definition) is 5. The van der Waals surface area contributed by atoms with Gasteiger partial charge < -0.3 is 19.9 Å². The van der Waals surface area contributed by atoms with E-state index in [1.807, 2.05) is 12.1 Å². The van der Waals surface area contributed by atoms with Crippen LogP contribution in [0.1, 0.15) is 24.9 Å². The summed E-state index contributed by atoms with van der Waals surface area (Å²) in [6, 6.07) is 8.44. The lowest BCUT2D eigenvalue weighted by atomic mass is 10.1. The minimum atomic E-state index is -1.03. The van der Waals surface area contributed by atoms with Gasteiger partial charge in [0.2, 0.25) is 0 Å². The highest BCUT2D eigenvalue weighted by Crippen LogP contribution is 2.24. The lowest BCUT2D eigenvalue weighted by Gasteiger charge is -2.10. The Hall–Kier alpha value is -2.54. The average molecular weight is 335 g/mol. The summed E-state index contributed by atoms with van der Waals surface area (Å²) in [4.78, 5) is 23.3. The van der Waals surface area contributed by atoms with E-state index in [1.165, 1.54) is 12.1 Å². The highest BCUT2D eigenvalue weighted by atomic mass is 32.1. The predicted octanol–water partition coefficient (Wildman–Crippen LogP) is 2.44. The monoisotopic (exact) mass is 335 g/mol. The van der Waals surface area contributed by atoms with Gasteiger partial charge in [0.05, 0.1) is 19.1 Å². The summed E-state index contributed by atoms with van der Waals surface area (Å²) in [5.74, 6) is 0.0873. The van der Waals surface area contributed by atoms with Crippen molar-refractivity contribution in [2.45, 2.75) is 6.42 Å². The van der Waals surface area contributed by atoms with E-state index < -0.39 is 5.97 Å². The third kappa shape index (κ3) is 4.23. The summed E-state index contributed by atoms with van der Waals surface area (Å²) in [7, 11) is 3.16. The van der Waals surface area contributed by atoms with Crippen LogP contribution in [0.4, 0.5) is 0 Å². The number of carbonyl (C=O) groups excluding carboxylic acids is 1. The van der Waals surface area contributed by atoms with Crippen molar-refractivity contribution in [1.82, 2.24) is 5.32 Å². The molecule has 0 unspecified atom stereocenters. The van der Waals surface area contributed by atoms with Gasteiger partial charge in [-0.3, -0.25) is 4.79 Å². The molecule has 0 fully saturated rings. The summed E-state index contributed by atoms with van der Waals surface area (Å²) in [6.07, 6.45) is 0.593. The summed E-state index contributed by atoms with van der Waals surface area (Å²) in [6.45, 7) is 0.418. The molecule has 23 heavy (non-hydrogen) atoms. The van der Waals surface area contributed by atoms with E-state index in [-0.39, 0.29) is 10.8 Å². The molecule has 6 nitrogen and oxygen atoms in total. The number of nitrogens with one attached hydrogen (secondary N) is 1. The maximum absolute atomic E-state index is 12.0. The molecular weight excluding hydrogens is 318 g/mol. The number of benzene rings is 1. The second-order valence-electron chi connectivity index (χ2n) is 4.65. The topological polar surface area (TPSA) is 84.9 Å². The molecule has 2 rings (SSSR count). The van der Waals surface area contributed by atoms with Crippen LogP contribution in [0.2, 0.25) is 0 Å². The van der Waals surface area contributed by atoms with Gasteiger partial charge in [-0.05, 0) is 30.2 Å². The number of methoxy groups -OCH3 is 2. The number of ether oxygens (including phenoxy) is 2. The van der Waals surface area contributed by atoms with Crippen molar-refractivity contribution in [2.24, 2.45) is 0 Å². The van der Waals surface area contributed by atoms with Crippen molar-refractivity contribution in [3.63, 3.8) is 0 Å². The molecule has 0 saturated carbocycles. The molecule has 0 bridgehead atoms. The van der Waals surface area contributed by atoms with Gasteiger partial charge in [0, 0.05) is 12.6 Å². The third-order valence-corrected chi connectivity index (χ3v) is 4.29. The standard InChI is InChI=1S/C16H17NO5S/c1-21-11-4-3-10(12(9-11)22-2)7-8-17-15(18)13-5-6-14(23-13)16(19)20/h3-6,9H,7-8H2,1-2H3,(H,17,18)(H,19,20). The van der Waals surface area contributed by atoms with Gasteiger partial charge in [0.1, 0.15) is 16.4 Å². The first-order chi connectivity index (χ1) is 11.0. The number of rotatable bonds is 7. The third-order valence-electron chi connectivity index (χ3n) is 3.21. The van der Waals surface area contributed by atoms with Crippen LogP contribution in [-0.2, 0) is 6.42 Å². The maximum Gasteiger partial charge on any atom is 0.345 e. The molecule has 122 valence electrons. The fraction of sp³-hybridized carbons (Fsp3) is 0.250. The normalized spacial score (nSPS) is 10.2. The van der Waals surface area contributed by atoms with Gasteiger partial charge in [-0.1, -0.05) is 6.07 Å². The van der Waals surface area contributed by atoms with Crippen LogP contribution >= 0.6 is 11.3 Å². The lowest BCUT2D eigenvalue weighted by Crippen LogP contribution is -2.25. The molecule has 0 spiro atoms. The smallest absolute Gasteiger partial charge is 0.345 e. The lowest BCUT2D eigenvalue weighted by molar-refractivity contribution is 0.0702. The molecule has 0 aliphatic rings. The van der Waals surface area contributed by atoms with Crippen molar-refractivity contribution in [3.8, 4) is 11.5 Å². The van der Waals surface area contributed by atoms with Crippen molar-refractivity contribution < 1.29 is 24.2 Å². The molecule has 2 aromatic rings. The molecule has 0 aliphatic heterocycles. The summed E-state index contributed by atoms with van der Waals surface area (Å²) >= 11 is 0.955. The first-order valence-corrected chi connectivity index (χ1v) is 7.69. The molecule has 0 radical (unpaired) electrons. The van der Waals surface area contributed by atoms with Gasteiger partial charge >= 0.3 is 5.97 Å². The fourth-order valence-electron chi connectivity index (χ4n) is 2.03. The first kappa shape index (κ1) is 16.8. The Balaban J connectivity index is 1.93. The van der Waals surface area contributed by atoms with E-state index in [1.54, 1.807) is 20.3 Å². The molecule has 0 atom stereocenters. The van der Waals surface area contributed by atoms with Crippen LogP contribution in [0.15, 0.2) is 30.3 Å². The van der Waals surface area contributed by atoms with E-state index in [9.17, 15) is 9.59 Å².